The van der Waals surface area contributed by atoms with E-state index in [1.165, 1.54) is 5.56 Å². The van der Waals surface area contributed by atoms with E-state index < -0.39 is 0 Å². The second-order valence-corrected chi connectivity index (χ2v) is 3.90. The SMILES string of the molecule is NC(=S)Nc1ccc2c(c1)NCCNC2. The molecule has 1 aromatic carbocycles. The molecule has 1 aromatic rings. The molecule has 0 bridgehead atoms. The smallest absolute Gasteiger partial charge is 0.168 e. The lowest BCUT2D eigenvalue weighted by Crippen LogP contribution is -2.19. The van der Waals surface area contributed by atoms with Gasteiger partial charge in [0, 0.05) is 31.0 Å². The predicted molar refractivity (Wildman–Crippen MR) is 67.0 cm³/mol. The lowest BCUT2D eigenvalue weighted by molar-refractivity contribution is 0.725. The number of fused-ring (bicyclic) bond motifs is 1. The third kappa shape index (κ3) is 2.57. The number of hydrogen-bond donors (Lipinski definition) is 4. The van der Waals surface area contributed by atoms with Crippen LogP contribution >= 0.6 is 12.2 Å². The zero-order valence-electron chi connectivity index (χ0n) is 8.34. The lowest BCUT2D eigenvalue weighted by atomic mass is 10.1. The molecule has 1 aliphatic heterocycles. The third-order valence-corrected chi connectivity index (χ3v) is 2.41. The molecule has 0 aromatic heterocycles. The molecule has 0 fully saturated rings. The van der Waals surface area contributed by atoms with Crippen molar-refractivity contribution in [1.82, 2.24) is 5.32 Å². The van der Waals surface area contributed by atoms with Crippen molar-refractivity contribution in [3.05, 3.63) is 23.8 Å². The Morgan fingerprint density at radius 1 is 1.40 bits per heavy atom. The summed E-state index contributed by atoms with van der Waals surface area (Å²) in [5.74, 6) is 0. The molecule has 0 radical (unpaired) electrons. The van der Waals surface area contributed by atoms with Crippen molar-refractivity contribution in [2.75, 3.05) is 23.7 Å². The van der Waals surface area contributed by atoms with Crippen molar-refractivity contribution in [3.63, 3.8) is 0 Å². The minimum atomic E-state index is 0.293. The standard InChI is InChI=1S/C10H14N4S/c11-10(15)14-8-2-1-7-6-12-3-4-13-9(7)5-8/h1-2,5,12-13H,3-4,6H2,(H3,11,14,15). The van der Waals surface area contributed by atoms with Crippen LogP contribution in [0.2, 0.25) is 0 Å². The van der Waals surface area contributed by atoms with E-state index in [2.05, 4.69) is 22.0 Å². The van der Waals surface area contributed by atoms with Crippen LogP contribution in [0.3, 0.4) is 0 Å². The number of anilines is 2. The zero-order valence-corrected chi connectivity index (χ0v) is 9.16. The van der Waals surface area contributed by atoms with Gasteiger partial charge in [-0.15, -0.1) is 0 Å². The first kappa shape index (κ1) is 10.2. The van der Waals surface area contributed by atoms with E-state index in [4.69, 9.17) is 18.0 Å². The molecular weight excluding hydrogens is 208 g/mol. The summed E-state index contributed by atoms with van der Waals surface area (Å²) < 4.78 is 0. The molecule has 1 aliphatic rings. The summed E-state index contributed by atoms with van der Waals surface area (Å²) in [6, 6.07) is 6.08. The Kier molecular flexibility index (Phi) is 3.03. The van der Waals surface area contributed by atoms with Crippen LogP contribution in [0.5, 0.6) is 0 Å². The van der Waals surface area contributed by atoms with Gasteiger partial charge in [0.2, 0.25) is 0 Å². The Hall–Kier alpha value is -1.33. The van der Waals surface area contributed by atoms with Crippen molar-refractivity contribution in [2.45, 2.75) is 6.54 Å². The molecule has 0 aliphatic carbocycles. The van der Waals surface area contributed by atoms with Gasteiger partial charge in [0.1, 0.15) is 0 Å². The molecule has 15 heavy (non-hydrogen) atoms. The van der Waals surface area contributed by atoms with Crippen LogP contribution in [0, 0.1) is 0 Å². The van der Waals surface area contributed by atoms with E-state index in [1.54, 1.807) is 0 Å². The molecule has 5 N–H and O–H groups in total. The van der Waals surface area contributed by atoms with E-state index in [9.17, 15) is 0 Å². The van der Waals surface area contributed by atoms with Gasteiger partial charge in [-0.2, -0.15) is 0 Å². The highest BCUT2D eigenvalue weighted by Gasteiger charge is 2.06. The highest BCUT2D eigenvalue weighted by molar-refractivity contribution is 7.80. The summed E-state index contributed by atoms with van der Waals surface area (Å²) in [6.07, 6.45) is 0. The first-order chi connectivity index (χ1) is 7.25. The van der Waals surface area contributed by atoms with Crippen molar-refractivity contribution in [2.24, 2.45) is 5.73 Å². The van der Waals surface area contributed by atoms with Gasteiger partial charge < -0.3 is 21.7 Å². The Labute approximate surface area is 94.2 Å². The molecule has 0 spiro atoms. The monoisotopic (exact) mass is 222 g/mol. The van der Waals surface area contributed by atoms with Crippen LogP contribution in [0.15, 0.2) is 18.2 Å². The molecule has 0 unspecified atom stereocenters. The van der Waals surface area contributed by atoms with Gasteiger partial charge in [-0.05, 0) is 29.9 Å². The highest BCUT2D eigenvalue weighted by Crippen LogP contribution is 2.21. The molecule has 0 atom stereocenters. The second kappa shape index (κ2) is 4.46. The van der Waals surface area contributed by atoms with Gasteiger partial charge in [-0.3, -0.25) is 0 Å². The zero-order chi connectivity index (χ0) is 10.7. The van der Waals surface area contributed by atoms with Crippen molar-refractivity contribution in [3.8, 4) is 0 Å². The van der Waals surface area contributed by atoms with Gasteiger partial charge >= 0.3 is 0 Å². The van der Waals surface area contributed by atoms with Gasteiger partial charge in [0.25, 0.3) is 0 Å². The molecule has 5 heteroatoms. The summed E-state index contributed by atoms with van der Waals surface area (Å²) in [4.78, 5) is 0. The molecule has 1 heterocycles. The maximum atomic E-state index is 5.42. The van der Waals surface area contributed by atoms with Crippen LogP contribution in [0.25, 0.3) is 0 Å². The Balaban J connectivity index is 2.23. The molecule has 0 saturated heterocycles. The Morgan fingerprint density at radius 2 is 2.27 bits per heavy atom. The topological polar surface area (TPSA) is 62.1 Å². The van der Waals surface area contributed by atoms with E-state index in [-0.39, 0.29) is 0 Å². The lowest BCUT2D eigenvalue weighted by Gasteiger charge is -2.10. The van der Waals surface area contributed by atoms with Crippen molar-refractivity contribution < 1.29 is 0 Å². The number of rotatable bonds is 1. The van der Waals surface area contributed by atoms with E-state index in [0.29, 0.717) is 5.11 Å². The number of nitrogens with two attached hydrogens (primary N) is 1. The van der Waals surface area contributed by atoms with Crippen LogP contribution in [0.1, 0.15) is 5.56 Å². The fourth-order valence-corrected chi connectivity index (χ4v) is 1.74. The summed E-state index contributed by atoms with van der Waals surface area (Å²) in [7, 11) is 0. The summed E-state index contributed by atoms with van der Waals surface area (Å²) in [5.41, 5.74) is 8.75. The maximum Gasteiger partial charge on any atom is 0.168 e. The number of benzene rings is 1. The summed E-state index contributed by atoms with van der Waals surface area (Å²) in [6.45, 7) is 2.81. The number of hydrogen-bond acceptors (Lipinski definition) is 3. The quantitative estimate of drug-likeness (QED) is 0.531. The van der Waals surface area contributed by atoms with E-state index in [1.807, 2.05) is 12.1 Å². The normalized spacial score (nSPS) is 14.7. The Bertz CT molecular complexity index is 378. The fourth-order valence-electron chi connectivity index (χ4n) is 1.62. The molecule has 0 saturated carbocycles. The summed E-state index contributed by atoms with van der Waals surface area (Å²) in [5, 5.41) is 9.90. The van der Waals surface area contributed by atoms with Gasteiger partial charge in [-0.1, -0.05) is 6.07 Å². The molecule has 4 nitrogen and oxygen atoms in total. The van der Waals surface area contributed by atoms with Crippen LogP contribution < -0.4 is 21.7 Å². The van der Waals surface area contributed by atoms with Gasteiger partial charge in [-0.25, -0.2) is 0 Å². The van der Waals surface area contributed by atoms with Crippen LogP contribution in [0.4, 0.5) is 11.4 Å². The van der Waals surface area contributed by atoms with Crippen LogP contribution in [-0.4, -0.2) is 18.2 Å². The van der Waals surface area contributed by atoms with Gasteiger partial charge in [0.05, 0.1) is 0 Å². The van der Waals surface area contributed by atoms with Crippen molar-refractivity contribution in [1.29, 1.82) is 0 Å². The van der Waals surface area contributed by atoms with E-state index in [0.717, 1.165) is 31.0 Å². The first-order valence-corrected chi connectivity index (χ1v) is 5.30. The molecular formula is C10H14N4S. The predicted octanol–water partition coefficient (Wildman–Crippen LogP) is 0.857. The molecule has 0 amide bonds. The number of thiocarbonyl (C=S) groups is 1. The largest absolute Gasteiger partial charge is 0.383 e. The molecule has 80 valence electrons. The average Bonchev–Trinajstić information content (AvgIpc) is 2.41. The second-order valence-electron chi connectivity index (χ2n) is 3.46. The van der Waals surface area contributed by atoms with E-state index >= 15 is 0 Å². The highest BCUT2D eigenvalue weighted by atomic mass is 32.1. The third-order valence-electron chi connectivity index (χ3n) is 2.31. The minimum absolute atomic E-state index is 0.293. The maximum absolute atomic E-state index is 5.42. The Morgan fingerprint density at radius 3 is 3.07 bits per heavy atom. The number of nitrogens with one attached hydrogen (secondary N) is 3. The summed E-state index contributed by atoms with van der Waals surface area (Å²) >= 11 is 4.79. The first-order valence-electron chi connectivity index (χ1n) is 4.90. The fraction of sp³-hybridized carbons (Fsp3) is 0.300. The van der Waals surface area contributed by atoms with Gasteiger partial charge in [0.15, 0.2) is 5.11 Å². The average molecular weight is 222 g/mol. The van der Waals surface area contributed by atoms with Crippen LogP contribution in [-0.2, 0) is 6.54 Å². The van der Waals surface area contributed by atoms with Crippen molar-refractivity contribution >= 4 is 28.7 Å². The minimum Gasteiger partial charge on any atom is -0.383 e. The molecule has 2 rings (SSSR count).